The molecule has 0 unspecified atom stereocenters. The Hall–Kier alpha value is -2.13. The molecule has 28 heavy (non-hydrogen) atoms. The van der Waals surface area contributed by atoms with Gasteiger partial charge in [0.05, 0.1) is 17.5 Å². The highest BCUT2D eigenvalue weighted by Crippen LogP contribution is 2.37. The van der Waals surface area contributed by atoms with Crippen LogP contribution in [-0.2, 0) is 23.8 Å². The summed E-state index contributed by atoms with van der Waals surface area (Å²) in [6.45, 7) is 8.28. The van der Waals surface area contributed by atoms with Crippen molar-refractivity contribution in [2.75, 3.05) is 6.54 Å². The first-order chi connectivity index (χ1) is 12.8. The van der Waals surface area contributed by atoms with Gasteiger partial charge in [0.2, 0.25) is 0 Å². The number of carbonyl (C=O) groups excluding carboxylic acids is 1. The number of aryl methyl sites for hydroxylation is 1. The first kappa shape index (κ1) is 22.2. The van der Waals surface area contributed by atoms with Gasteiger partial charge in [0.15, 0.2) is 0 Å². The van der Waals surface area contributed by atoms with Crippen LogP contribution in [0.2, 0.25) is 0 Å². The summed E-state index contributed by atoms with van der Waals surface area (Å²) in [6, 6.07) is 6.14. The molecule has 1 heterocycles. The van der Waals surface area contributed by atoms with E-state index in [1.165, 1.54) is 12.1 Å². The minimum absolute atomic E-state index is 0.0220. The summed E-state index contributed by atoms with van der Waals surface area (Å²) in [6.07, 6.45) is -1.86. The number of ether oxygens (including phenoxy) is 1. The van der Waals surface area contributed by atoms with E-state index in [-0.39, 0.29) is 24.3 Å². The minimum Gasteiger partial charge on any atom is -0.479 e. The van der Waals surface area contributed by atoms with Gasteiger partial charge in [0.1, 0.15) is 11.1 Å². The molecule has 1 aromatic carbocycles. The zero-order valence-electron chi connectivity index (χ0n) is 16.8. The normalized spacial score (nSPS) is 22.9. The number of amides is 1. The van der Waals surface area contributed by atoms with E-state index in [1.807, 2.05) is 6.92 Å². The number of benzene rings is 1. The number of rotatable bonds is 5. The molecule has 1 aliphatic rings. The van der Waals surface area contributed by atoms with Gasteiger partial charge in [-0.15, -0.1) is 0 Å². The Morgan fingerprint density at radius 2 is 1.82 bits per heavy atom. The second-order valence-electron chi connectivity index (χ2n) is 7.97. The van der Waals surface area contributed by atoms with Crippen molar-refractivity contribution in [3.8, 4) is 0 Å². The van der Waals surface area contributed by atoms with Crippen molar-refractivity contribution in [1.82, 2.24) is 4.90 Å². The van der Waals surface area contributed by atoms with E-state index in [0.717, 1.165) is 10.5 Å². The average molecular weight is 413 g/mol. The summed E-state index contributed by atoms with van der Waals surface area (Å²) in [7, 11) is -4.10. The van der Waals surface area contributed by atoms with Gasteiger partial charge < -0.3 is 9.84 Å². The zero-order valence-corrected chi connectivity index (χ0v) is 17.6. The summed E-state index contributed by atoms with van der Waals surface area (Å²) in [5.74, 6) is -1.22. The van der Waals surface area contributed by atoms with E-state index in [4.69, 9.17) is 8.92 Å². The van der Waals surface area contributed by atoms with Crippen LogP contribution in [0.25, 0.3) is 0 Å². The van der Waals surface area contributed by atoms with Crippen molar-refractivity contribution in [2.45, 2.75) is 69.6 Å². The molecule has 2 atom stereocenters. The van der Waals surface area contributed by atoms with Gasteiger partial charge in [-0.1, -0.05) is 24.6 Å². The Kier molecular flexibility index (Phi) is 6.10. The van der Waals surface area contributed by atoms with Crippen LogP contribution in [0.15, 0.2) is 29.2 Å². The summed E-state index contributed by atoms with van der Waals surface area (Å²) in [5.41, 5.74) is -1.51. The van der Waals surface area contributed by atoms with Crippen LogP contribution < -0.4 is 0 Å². The number of aliphatic carboxylic acids is 1. The largest absolute Gasteiger partial charge is 0.479 e. The quantitative estimate of drug-likeness (QED) is 0.739. The molecule has 1 N–H and O–H groups in total. The molecular weight excluding hydrogens is 386 g/mol. The van der Waals surface area contributed by atoms with Crippen molar-refractivity contribution >= 4 is 22.2 Å². The predicted octanol–water partition coefficient (Wildman–Crippen LogP) is 2.94. The van der Waals surface area contributed by atoms with E-state index in [9.17, 15) is 23.1 Å². The van der Waals surface area contributed by atoms with E-state index in [0.29, 0.717) is 0 Å². The van der Waals surface area contributed by atoms with Crippen LogP contribution in [0.3, 0.4) is 0 Å². The van der Waals surface area contributed by atoms with E-state index in [1.54, 1.807) is 39.8 Å². The number of carbonyl (C=O) groups is 2. The van der Waals surface area contributed by atoms with Crippen molar-refractivity contribution in [1.29, 1.82) is 0 Å². The molecule has 1 fully saturated rings. The summed E-state index contributed by atoms with van der Waals surface area (Å²) >= 11 is 0. The van der Waals surface area contributed by atoms with Gasteiger partial charge in [-0.25, -0.2) is 9.59 Å². The third-order valence-electron chi connectivity index (χ3n) is 4.64. The standard InChI is InChI=1S/C19H27NO7S/c1-6-19(16(21)22)11-14(12-20(19)17(23)26-18(3,4)5)27-28(24,25)15-9-7-13(2)8-10-15/h7-10,14H,6,11-12H2,1-5H3,(H,21,22)/t14-,19-/m0/s1. The minimum atomic E-state index is -4.10. The lowest BCUT2D eigenvalue weighted by atomic mass is 9.92. The highest BCUT2D eigenvalue weighted by atomic mass is 32.2. The Morgan fingerprint density at radius 1 is 1.25 bits per heavy atom. The molecule has 1 aromatic rings. The first-order valence-electron chi connectivity index (χ1n) is 9.05. The van der Waals surface area contributed by atoms with Crippen LogP contribution in [0.4, 0.5) is 4.79 Å². The fourth-order valence-electron chi connectivity index (χ4n) is 3.19. The summed E-state index contributed by atoms with van der Waals surface area (Å²) in [5, 5.41) is 9.79. The molecule has 156 valence electrons. The van der Waals surface area contributed by atoms with Crippen LogP contribution in [0.5, 0.6) is 0 Å². The average Bonchev–Trinajstić information content (AvgIpc) is 2.93. The fourth-order valence-corrected chi connectivity index (χ4v) is 4.26. The molecule has 0 bridgehead atoms. The molecule has 0 aliphatic carbocycles. The number of carboxylic acids is 1. The number of nitrogens with zero attached hydrogens (tertiary/aromatic N) is 1. The van der Waals surface area contributed by atoms with Crippen molar-refractivity contribution in [3.05, 3.63) is 29.8 Å². The van der Waals surface area contributed by atoms with Gasteiger partial charge in [-0.3, -0.25) is 9.08 Å². The van der Waals surface area contributed by atoms with Crippen LogP contribution >= 0.6 is 0 Å². The highest BCUT2D eigenvalue weighted by molar-refractivity contribution is 7.86. The molecule has 2 rings (SSSR count). The highest BCUT2D eigenvalue weighted by Gasteiger charge is 2.55. The third-order valence-corrected chi connectivity index (χ3v) is 6.01. The maximum atomic E-state index is 12.6. The lowest BCUT2D eigenvalue weighted by molar-refractivity contribution is -0.149. The molecule has 1 aliphatic heterocycles. The maximum Gasteiger partial charge on any atom is 0.411 e. The van der Waals surface area contributed by atoms with Gasteiger partial charge >= 0.3 is 12.1 Å². The lowest BCUT2D eigenvalue weighted by Crippen LogP contribution is -2.53. The number of hydrogen-bond acceptors (Lipinski definition) is 6. The molecule has 1 saturated heterocycles. The van der Waals surface area contributed by atoms with Gasteiger partial charge in [-0.2, -0.15) is 8.42 Å². The molecule has 9 heteroatoms. The monoisotopic (exact) mass is 413 g/mol. The molecule has 0 aromatic heterocycles. The second-order valence-corrected chi connectivity index (χ2v) is 9.54. The molecule has 0 spiro atoms. The smallest absolute Gasteiger partial charge is 0.411 e. The van der Waals surface area contributed by atoms with Crippen LogP contribution in [-0.4, -0.2) is 54.3 Å². The first-order valence-corrected chi connectivity index (χ1v) is 10.5. The molecule has 0 saturated carbocycles. The van der Waals surface area contributed by atoms with Gasteiger partial charge in [0.25, 0.3) is 10.1 Å². The molecule has 0 radical (unpaired) electrons. The second kappa shape index (κ2) is 7.71. The number of carboxylic acid groups (broad SMARTS) is 1. The Bertz CT molecular complexity index is 842. The summed E-state index contributed by atoms with van der Waals surface area (Å²) < 4.78 is 35.8. The Labute approximate surface area is 165 Å². The van der Waals surface area contributed by atoms with Gasteiger partial charge in [0, 0.05) is 6.42 Å². The Balaban J connectivity index is 2.29. The van der Waals surface area contributed by atoms with E-state index >= 15 is 0 Å². The topological polar surface area (TPSA) is 110 Å². The van der Waals surface area contributed by atoms with Crippen molar-refractivity contribution in [3.63, 3.8) is 0 Å². The lowest BCUT2D eigenvalue weighted by Gasteiger charge is -2.34. The maximum absolute atomic E-state index is 12.6. The van der Waals surface area contributed by atoms with Crippen LogP contribution in [0, 0.1) is 6.92 Å². The van der Waals surface area contributed by atoms with E-state index in [2.05, 4.69) is 0 Å². The summed E-state index contributed by atoms with van der Waals surface area (Å²) in [4.78, 5) is 25.6. The third kappa shape index (κ3) is 4.64. The number of likely N-dealkylation sites (tertiary alicyclic amines) is 1. The fraction of sp³-hybridized carbons (Fsp3) is 0.579. The predicted molar refractivity (Wildman–Crippen MR) is 101 cm³/mol. The number of hydrogen-bond donors (Lipinski definition) is 1. The van der Waals surface area contributed by atoms with E-state index < -0.39 is 39.4 Å². The van der Waals surface area contributed by atoms with Crippen molar-refractivity contribution < 1.29 is 32.0 Å². The van der Waals surface area contributed by atoms with Gasteiger partial charge in [-0.05, 0) is 46.2 Å². The zero-order chi connectivity index (χ0) is 21.3. The SMILES string of the molecule is CC[C@@]1(C(=O)O)C[C@H](OS(=O)(=O)c2ccc(C)cc2)CN1C(=O)OC(C)(C)C. The Morgan fingerprint density at radius 3 is 2.29 bits per heavy atom. The molecule has 1 amide bonds. The molecule has 8 nitrogen and oxygen atoms in total. The van der Waals surface area contributed by atoms with Crippen LogP contribution in [0.1, 0.15) is 46.1 Å². The molecular formula is C19H27NO7S. The van der Waals surface area contributed by atoms with Crippen molar-refractivity contribution in [2.24, 2.45) is 0 Å².